The summed E-state index contributed by atoms with van der Waals surface area (Å²) in [6, 6.07) is 0. The van der Waals surface area contributed by atoms with Crippen LogP contribution in [0.15, 0.2) is 11.1 Å². The first kappa shape index (κ1) is 13.2. The zero-order valence-electron chi connectivity index (χ0n) is 8.77. The van der Waals surface area contributed by atoms with E-state index in [1.54, 1.807) is 0 Å². The van der Waals surface area contributed by atoms with Crippen molar-refractivity contribution in [3.05, 3.63) is 17.5 Å². The lowest BCUT2D eigenvalue weighted by atomic mass is 10.1. The largest absolute Gasteiger partial charge is 0.0776 e. The summed E-state index contributed by atoms with van der Waals surface area (Å²) in [5, 5.41) is 0. The highest BCUT2D eigenvalue weighted by atomic mass is 79.9. The number of rotatable bonds is 9. The van der Waals surface area contributed by atoms with Gasteiger partial charge in [-0.2, -0.15) is 0 Å². The van der Waals surface area contributed by atoms with Gasteiger partial charge >= 0.3 is 0 Å². The van der Waals surface area contributed by atoms with Crippen LogP contribution in [0.2, 0.25) is 0 Å². The van der Waals surface area contributed by atoms with Crippen molar-refractivity contribution >= 4 is 15.9 Å². The fraction of sp³-hybridized carbons (Fsp3) is 0.750. The van der Waals surface area contributed by atoms with Gasteiger partial charge in [0, 0.05) is 0 Å². The molecule has 0 aliphatic heterocycles. The summed E-state index contributed by atoms with van der Waals surface area (Å²) in [5.41, 5.74) is 0. The molecule has 0 aromatic carbocycles. The Bertz CT molecular complexity index is 108. The summed E-state index contributed by atoms with van der Waals surface area (Å²) in [6.45, 7) is 2.25. The van der Waals surface area contributed by atoms with Crippen molar-refractivity contribution in [1.29, 1.82) is 0 Å². The maximum absolute atomic E-state index is 3.27. The smallest absolute Gasteiger partial charge is 0.0229 e. The lowest BCUT2D eigenvalue weighted by Crippen LogP contribution is -1.80. The molecule has 1 heteroatoms. The standard InChI is InChI=1S/C12H22Br/c1-2-3-4-5-6-7-8-9-10-11-12-13/h5,11-12H,2-4,6-10H2,1H3. The third-order valence-electron chi connectivity index (χ3n) is 2.13. The van der Waals surface area contributed by atoms with Crippen LogP contribution in [0.1, 0.15) is 58.3 Å². The number of hydrogen-bond acceptors (Lipinski definition) is 0. The van der Waals surface area contributed by atoms with E-state index in [-0.39, 0.29) is 0 Å². The van der Waals surface area contributed by atoms with Crippen molar-refractivity contribution in [3.8, 4) is 0 Å². The maximum Gasteiger partial charge on any atom is -0.0229 e. The lowest BCUT2D eigenvalue weighted by Gasteiger charge is -1.99. The fourth-order valence-electron chi connectivity index (χ4n) is 1.28. The minimum atomic E-state index is 1.22. The van der Waals surface area contributed by atoms with E-state index in [1.165, 1.54) is 51.4 Å². The van der Waals surface area contributed by atoms with E-state index >= 15 is 0 Å². The minimum Gasteiger partial charge on any atom is -0.0776 e. The predicted molar refractivity (Wildman–Crippen MR) is 65.0 cm³/mol. The summed E-state index contributed by atoms with van der Waals surface area (Å²) in [5.74, 6) is 0. The molecule has 1 radical (unpaired) electrons. The molecule has 0 amide bonds. The van der Waals surface area contributed by atoms with E-state index in [9.17, 15) is 0 Å². The molecule has 0 rings (SSSR count). The molecule has 0 heterocycles. The zero-order chi connectivity index (χ0) is 9.78. The van der Waals surface area contributed by atoms with Crippen molar-refractivity contribution in [1.82, 2.24) is 0 Å². The molecule has 0 aromatic rings. The highest BCUT2D eigenvalue weighted by Crippen LogP contribution is 2.08. The van der Waals surface area contributed by atoms with Crippen molar-refractivity contribution in [2.75, 3.05) is 0 Å². The number of unbranched alkanes of at least 4 members (excludes halogenated alkanes) is 8. The van der Waals surface area contributed by atoms with Crippen LogP contribution in [0.3, 0.4) is 0 Å². The normalized spacial score (nSPS) is 11.2. The molecule has 0 fully saturated rings. The van der Waals surface area contributed by atoms with Crippen LogP contribution in [-0.4, -0.2) is 0 Å². The van der Waals surface area contributed by atoms with Crippen molar-refractivity contribution in [2.45, 2.75) is 58.3 Å². The van der Waals surface area contributed by atoms with Crippen LogP contribution in [-0.2, 0) is 0 Å². The SMILES string of the molecule is CCCC[CH]CCCCCC=CBr. The van der Waals surface area contributed by atoms with E-state index in [0.717, 1.165) is 0 Å². The Hall–Kier alpha value is 0.220. The van der Waals surface area contributed by atoms with Gasteiger partial charge in [-0.1, -0.05) is 67.5 Å². The molecule has 0 unspecified atom stereocenters. The Balaban J connectivity index is 2.83. The molecule has 0 bridgehead atoms. The summed E-state index contributed by atoms with van der Waals surface area (Å²) >= 11 is 3.27. The van der Waals surface area contributed by atoms with Crippen molar-refractivity contribution in [3.63, 3.8) is 0 Å². The van der Waals surface area contributed by atoms with E-state index < -0.39 is 0 Å². The third-order valence-corrected chi connectivity index (χ3v) is 2.50. The van der Waals surface area contributed by atoms with Crippen LogP contribution in [0.4, 0.5) is 0 Å². The molecule has 0 spiro atoms. The second-order valence-electron chi connectivity index (χ2n) is 3.43. The second-order valence-corrected chi connectivity index (χ2v) is 3.96. The molecule has 0 aliphatic rings. The van der Waals surface area contributed by atoms with Crippen molar-refractivity contribution in [2.24, 2.45) is 0 Å². The Morgan fingerprint density at radius 3 is 2.31 bits per heavy atom. The maximum atomic E-state index is 3.27. The molecule has 0 atom stereocenters. The average Bonchev–Trinajstić information content (AvgIpc) is 2.16. The van der Waals surface area contributed by atoms with Gasteiger partial charge in [-0.05, 0) is 24.2 Å². The molecule has 0 aliphatic carbocycles. The molecule has 13 heavy (non-hydrogen) atoms. The summed E-state index contributed by atoms with van der Waals surface area (Å²) in [7, 11) is 0. The molecule has 77 valence electrons. The van der Waals surface area contributed by atoms with Gasteiger partial charge < -0.3 is 0 Å². The lowest BCUT2D eigenvalue weighted by molar-refractivity contribution is 0.655. The zero-order valence-corrected chi connectivity index (χ0v) is 10.4. The van der Waals surface area contributed by atoms with Gasteiger partial charge in [0.1, 0.15) is 0 Å². The van der Waals surface area contributed by atoms with Crippen LogP contribution < -0.4 is 0 Å². The van der Waals surface area contributed by atoms with E-state index in [2.05, 4.69) is 35.4 Å². The number of hydrogen-bond donors (Lipinski definition) is 0. The third kappa shape index (κ3) is 12.2. The summed E-state index contributed by atoms with van der Waals surface area (Å²) in [4.78, 5) is 1.96. The summed E-state index contributed by atoms with van der Waals surface area (Å²) < 4.78 is 0. The van der Waals surface area contributed by atoms with E-state index in [0.29, 0.717) is 0 Å². The summed E-state index contributed by atoms with van der Waals surface area (Å²) in [6.07, 6.45) is 15.3. The van der Waals surface area contributed by atoms with Crippen LogP contribution in [0, 0.1) is 6.42 Å². The highest BCUT2D eigenvalue weighted by Gasteiger charge is 1.90. The van der Waals surface area contributed by atoms with Gasteiger partial charge in [0.2, 0.25) is 0 Å². The first-order valence-electron chi connectivity index (χ1n) is 5.48. The van der Waals surface area contributed by atoms with Crippen LogP contribution in [0.25, 0.3) is 0 Å². The Morgan fingerprint density at radius 1 is 0.923 bits per heavy atom. The molecular weight excluding hydrogens is 224 g/mol. The predicted octanol–water partition coefficient (Wildman–Crippen LogP) is 5.24. The van der Waals surface area contributed by atoms with Crippen LogP contribution in [0.5, 0.6) is 0 Å². The van der Waals surface area contributed by atoms with Crippen molar-refractivity contribution < 1.29 is 0 Å². The molecule has 0 nitrogen and oxygen atoms in total. The fourth-order valence-corrected chi connectivity index (χ4v) is 1.55. The molecule has 0 aromatic heterocycles. The Morgan fingerprint density at radius 2 is 1.62 bits per heavy atom. The first-order valence-corrected chi connectivity index (χ1v) is 6.40. The van der Waals surface area contributed by atoms with Gasteiger partial charge in [-0.25, -0.2) is 0 Å². The van der Waals surface area contributed by atoms with E-state index in [1.807, 2.05) is 4.99 Å². The van der Waals surface area contributed by atoms with Gasteiger partial charge in [-0.3, -0.25) is 0 Å². The monoisotopic (exact) mass is 245 g/mol. The second kappa shape index (κ2) is 12.2. The average molecular weight is 246 g/mol. The topological polar surface area (TPSA) is 0 Å². The molecule has 0 N–H and O–H groups in total. The van der Waals surface area contributed by atoms with Gasteiger partial charge in [-0.15, -0.1) is 0 Å². The minimum absolute atomic E-state index is 1.22. The van der Waals surface area contributed by atoms with Gasteiger partial charge in [0.05, 0.1) is 0 Å². The Labute approximate surface area is 91.9 Å². The quantitative estimate of drug-likeness (QED) is 0.488. The highest BCUT2D eigenvalue weighted by molar-refractivity contribution is 9.11. The first-order chi connectivity index (χ1) is 6.41. The Kier molecular flexibility index (Phi) is 12.4. The number of allylic oxidation sites excluding steroid dienone is 1. The molecule has 0 saturated carbocycles. The molecular formula is C12H22Br. The van der Waals surface area contributed by atoms with Gasteiger partial charge in [0.15, 0.2) is 0 Å². The number of halogens is 1. The van der Waals surface area contributed by atoms with Gasteiger partial charge in [0.25, 0.3) is 0 Å². The molecule has 0 saturated heterocycles. The van der Waals surface area contributed by atoms with E-state index in [4.69, 9.17) is 0 Å². The van der Waals surface area contributed by atoms with Crippen LogP contribution >= 0.6 is 15.9 Å².